The SMILES string of the molecule is [2H]C([2H])([2H])[n+]1[c-]n(-c2cccc(Oc3ccc4c5ccccc5n(-c5cc(C(C)(C)C)ccn5)c4c3)c2)c2cccc(-c3c(-c4cc(-c5ccccc5)cc(-c5ccccc5)c4)cccc3-c3cc(-c4ccccc4)cc(-c4ccccc4)c3)c21. The molecule has 0 radical (unpaired) electrons. The third kappa shape index (κ3) is 9.32. The van der Waals surface area contributed by atoms with Crippen molar-refractivity contribution in [3.05, 3.63) is 291 Å². The number of nitrogens with zero attached hydrogens (tertiary/aromatic N) is 4. The Morgan fingerprint density at radius 2 is 0.902 bits per heavy atom. The lowest BCUT2D eigenvalue weighted by molar-refractivity contribution is -0.649. The Kier molecular flexibility index (Phi) is 11.8. The van der Waals surface area contributed by atoms with Gasteiger partial charge in [-0.2, -0.15) is 0 Å². The molecule has 0 unspecified atom stereocenters. The highest BCUT2D eigenvalue weighted by atomic mass is 16.5. The van der Waals surface area contributed by atoms with Crippen LogP contribution in [-0.4, -0.2) is 14.1 Å². The molecule has 0 spiro atoms. The van der Waals surface area contributed by atoms with Crippen LogP contribution in [-0.2, 0) is 12.4 Å². The summed E-state index contributed by atoms with van der Waals surface area (Å²) in [6.45, 7) is 4.00. The van der Waals surface area contributed by atoms with Crippen molar-refractivity contribution in [2.45, 2.75) is 26.2 Å². The Morgan fingerprint density at radius 1 is 0.415 bits per heavy atom. The number of hydrogen-bond acceptors (Lipinski definition) is 2. The number of ether oxygens (including phenoxy) is 1. The van der Waals surface area contributed by atoms with Crippen LogP contribution in [0.15, 0.2) is 279 Å². The molecule has 14 rings (SSSR count). The Labute approximate surface area is 483 Å². The summed E-state index contributed by atoms with van der Waals surface area (Å²) in [7, 11) is 0. The van der Waals surface area contributed by atoms with Gasteiger partial charge in [-0.15, -0.1) is 0 Å². The van der Waals surface area contributed by atoms with Crippen LogP contribution in [0.4, 0.5) is 0 Å². The molecule has 0 aliphatic carbocycles. The van der Waals surface area contributed by atoms with Crippen LogP contribution in [0.1, 0.15) is 30.4 Å². The zero-order valence-electron chi connectivity index (χ0n) is 48.8. The molecule has 82 heavy (non-hydrogen) atoms. The van der Waals surface area contributed by atoms with E-state index in [0.717, 1.165) is 106 Å². The number of pyridine rings is 1. The Bertz CT molecular complexity index is 4550. The largest absolute Gasteiger partial charge is 0.458 e. The molecular formula is C77H58N4O. The van der Waals surface area contributed by atoms with Crippen molar-refractivity contribution in [3.8, 4) is 101 Å². The molecule has 5 nitrogen and oxygen atoms in total. The maximum atomic E-state index is 9.26. The van der Waals surface area contributed by atoms with E-state index in [0.29, 0.717) is 28.2 Å². The summed E-state index contributed by atoms with van der Waals surface area (Å²) >= 11 is 0. The average molecular weight is 1060 g/mol. The standard InChI is InChI=1S/C77H58N4O/c1-77(2,3)62-40-41-78-74(48-62)81-71-36-18-17-32-68(71)69-39-38-65(50-73(69)81)82-64-31-19-30-63(49-64)80-51-79(4)76-70(35-21-37-72(76)80)75-66(60-44-56(52-22-9-5-10-23-52)42-57(45-60)53-24-11-6-12-25-53)33-20-34-67(75)61-46-58(54-26-13-7-14-27-54)43-59(47-61)55-28-15-8-16-29-55/h5-50H,1-4H3/i4D3. The maximum Gasteiger partial charge on any atom is 0.244 e. The number of benzene rings is 11. The molecule has 0 bridgehead atoms. The Morgan fingerprint density at radius 3 is 1.48 bits per heavy atom. The normalized spacial score (nSPS) is 12.4. The van der Waals surface area contributed by atoms with E-state index in [2.05, 4.69) is 238 Å². The minimum atomic E-state index is -2.64. The van der Waals surface area contributed by atoms with E-state index in [4.69, 9.17) is 9.72 Å². The molecule has 0 fully saturated rings. The molecule has 0 saturated heterocycles. The molecule has 14 aromatic rings. The highest BCUT2D eigenvalue weighted by Crippen LogP contribution is 2.46. The molecule has 3 aromatic heterocycles. The van der Waals surface area contributed by atoms with Gasteiger partial charge in [-0.05, 0) is 168 Å². The van der Waals surface area contributed by atoms with E-state index in [-0.39, 0.29) is 5.41 Å². The first-order valence-corrected chi connectivity index (χ1v) is 27.8. The number of fused-ring (bicyclic) bond motifs is 4. The molecule has 5 heteroatoms. The van der Waals surface area contributed by atoms with Crippen LogP contribution < -0.4 is 9.30 Å². The first kappa shape index (κ1) is 46.5. The lowest BCUT2D eigenvalue weighted by Crippen LogP contribution is -2.26. The molecule has 0 N–H and O–H groups in total. The number of para-hydroxylation sites is 2. The summed E-state index contributed by atoms with van der Waals surface area (Å²) in [5.41, 5.74) is 19.1. The number of aryl methyl sites for hydroxylation is 1. The van der Waals surface area contributed by atoms with Crippen molar-refractivity contribution in [1.29, 1.82) is 0 Å². The van der Waals surface area contributed by atoms with E-state index < -0.39 is 6.98 Å². The van der Waals surface area contributed by atoms with Crippen LogP contribution in [0.5, 0.6) is 11.5 Å². The third-order valence-corrected chi connectivity index (χ3v) is 15.7. The van der Waals surface area contributed by atoms with Crippen LogP contribution >= 0.6 is 0 Å². The number of hydrogen-bond donors (Lipinski definition) is 0. The zero-order chi connectivity index (χ0) is 57.8. The molecule has 11 aromatic carbocycles. The van der Waals surface area contributed by atoms with Gasteiger partial charge in [0.15, 0.2) is 0 Å². The minimum absolute atomic E-state index is 0.0684. The molecular weight excluding hydrogens is 997 g/mol. The molecule has 392 valence electrons. The fraction of sp³-hybridized carbons (Fsp3) is 0.0649. The van der Waals surface area contributed by atoms with Crippen LogP contribution in [0.2, 0.25) is 0 Å². The quantitative estimate of drug-likeness (QED) is 0.0956. The summed E-state index contributed by atoms with van der Waals surface area (Å²) in [4.78, 5) is 4.90. The van der Waals surface area contributed by atoms with Crippen LogP contribution in [0.25, 0.3) is 122 Å². The maximum absolute atomic E-state index is 9.26. The van der Waals surface area contributed by atoms with E-state index in [1.165, 1.54) is 10.1 Å². The van der Waals surface area contributed by atoms with Gasteiger partial charge in [-0.25, -0.2) is 4.98 Å². The topological polar surface area (TPSA) is 35.9 Å². The van der Waals surface area contributed by atoms with Crippen LogP contribution in [0.3, 0.4) is 0 Å². The van der Waals surface area contributed by atoms with Gasteiger partial charge >= 0.3 is 0 Å². The average Bonchev–Trinajstić information content (AvgIpc) is 3.67. The summed E-state index contributed by atoms with van der Waals surface area (Å²) in [6.07, 6.45) is 5.26. The van der Waals surface area contributed by atoms with Gasteiger partial charge in [0.2, 0.25) is 6.33 Å². The summed E-state index contributed by atoms with van der Waals surface area (Å²) in [5.74, 6) is 2.05. The predicted octanol–water partition coefficient (Wildman–Crippen LogP) is 19.5. The summed E-state index contributed by atoms with van der Waals surface area (Å²) < 4.78 is 40.0. The van der Waals surface area contributed by atoms with Gasteiger partial charge < -0.3 is 13.9 Å². The van der Waals surface area contributed by atoms with Gasteiger partial charge in [-0.1, -0.05) is 209 Å². The van der Waals surface area contributed by atoms with Crippen molar-refractivity contribution in [1.82, 2.24) is 14.1 Å². The van der Waals surface area contributed by atoms with E-state index in [9.17, 15) is 4.11 Å². The van der Waals surface area contributed by atoms with E-state index in [1.807, 2.05) is 77.5 Å². The molecule has 0 aliphatic rings. The van der Waals surface area contributed by atoms with Crippen molar-refractivity contribution in [3.63, 3.8) is 0 Å². The minimum Gasteiger partial charge on any atom is -0.458 e. The van der Waals surface area contributed by atoms with Gasteiger partial charge in [0, 0.05) is 23.0 Å². The first-order valence-electron chi connectivity index (χ1n) is 29.3. The molecule has 0 saturated carbocycles. The van der Waals surface area contributed by atoms with Gasteiger partial charge in [0.25, 0.3) is 0 Å². The zero-order valence-corrected chi connectivity index (χ0v) is 45.8. The summed E-state index contributed by atoms with van der Waals surface area (Å²) in [6, 6.07) is 94.7. The fourth-order valence-corrected chi connectivity index (χ4v) is 11.7. The fourth-order valence-electron chi connectivity index (χ4n) is 11.7. The highest BCUT2D eigenvalue weighted by molar-refractivity contribution is 6.09. The molecule has 0 aliphatic heterocycles. The lowest BCUT2D eigenvalue weighted by atomic mass is 9.84. The Balaban J connectivity index is 0.964. The van der Waals surface area contributed by atoms with Crippen molar-refractivity contribution >= 4 is 32.8 Å². The first-order chi connectivity index (χ1) is 41.4. The number of rotatable bonds is 11. The monoisotopic (exact) mass is 1060 g/mol. The van der Waals surface area contributed by atoms with Crippen molar-refractivity contribution in [2.75, 3.05) is 0 Å². The third-order valence-electron chi connectivity index (χ3n) is 15.7. The summed E-state index contributed by atoms with van der Waals surface area (Å²) in [5, 5.41) is 2.21. The Hall–Kier alpha value is -10.4. The number of imidazole rings is 1. The van der Waals surface area contributed by atoms with Gasteiger partial charge in [-0.3, -0.25) is 4.57 Å². The second kappa shape index (κ2) is 20.7. The van der Waals surface area contributed by atoms with Gasteiger partial charge in [0.05, 0.1) is 38.8 Å². The van der Waals surface area contributed by atoms with Crippen LogP contribution in [0, 0.1) is 6.33 Å². The smallest absolute Gasteiger partial charge is 0.244 e. The lowest BCUT2D eigenvalue weighted by Gasteiger charge is -2.21. The van der Waals surface area contributed by atoms with E-state index >= 15 is 0 Å². The molecule has 0 amide bonds. The second-order valence-electron chi connectivity index (χ2n) is 22.0. The second-order valence-corrected chi connectivity index (χ2v) is 22.0. The highest BCUT2D eigenvalue weighted by Gasteiger charge is 2.23. The molecule has 3 heterocycles. The van der Waals surface area contributed by atoms with Gasteiger partial charge in [0.1, 0.15) is 17.3 Å². The van der Waals surface area contributed by atoms with E-state index in [1.54, 1.807) is 0 Å². The number of aromatic nitrogens is 4. The molecule has 0 atom stereocenters. The predicted molar refractivity (Wildman–Crippen MR) is 339 cm³/mol. The van der Waals surface area contributed by atoms with Crippen molar-refractivity contribution in [2.24, 2.45) is 6.98 Å². The van der Waals surface area contributed by atoms with Crippen molar-refractivity contribution < 1.29 is 13.4 Å².